The minimum absolute atomic E-state index is 0.194. The third kappa shape index (κ3) is 3.19. The van der Waals surface area contributed by atoms with Crippen molar-refractivity contribution in [3.8, 4) is 5.75 Å². The van der Waals surface area contributed by atoms with Crippen LogP contribution in [-0.4, -0.2) is 36.8 Å². The number of carbonyl (C=O) groups excluding carboxylic acids is 1. The van der Waals surface area contributed by atoms with Gasteiger partial charge in [0.2, 0.25) is 0 Å². The molecule has 0 saturated carbocycles. The second-order valence-corrected chi connectivity index (χ2v) is 5.89. The minimum atomic E-state index is -0.194. The Kier molecular flexibility index (Phi) is 4.55. The van der Waals surface area contributed by atoms with Crippen molar-refractivity contribution >= 4 is 34.9 Å². The number of ether oxygens (including phenoxy) is 1. The first-order valence-electron chi connectivity index (χ1n) is 7.06. The Morgan fingerprint density at radius 2 is 1.96 bits per heavy atom. The summed E-state index contributed by atoms with van der Waals surface area (Å²) in [5.74, 6) is 0.900. The summed E-state index contributed by atoms with van der Waals surface area (Å²) in [6.07, 6.45) is 0. The summed E-state index contributed by atoms with van der Waals surface area (Å²) in [7, 11) is 1.52. The summed E-state index contributed by atoms with van der Waals surface area (Å²) in [6.45, 7) is 1.06. The van der Waals surface area contributed by atoms with Crippen LogP contribution in [0.1, 0.15) is 15.9 Å². The Labute approximate surface area is 144 Å². The second-order valence-electron chi connectivity index (χ2n) is 5.02. The predicted octanol–water partition coefficient (Wildman–Crippen LogP) is 3.90. The van der Waals surface area contributed by atoms with Gasteiger partial charge < -0.3 is 4.74 Å². The van der Waals surface area contributed by atoms with E-state index >= 15 is 0 Å². The molecule has 118 valence electrons. The van der Waals surface area contributed by atoms with Gasteiger partial charge in [-0.3, -0.25) is 14.7 Å². The highest BCUT2D eigenvalue weighted by atomic mass is 35.5. The van der Waals surface area contributed by atoms with Crippen LogP contribution in [-0.2, 0) is 0 Å². The number of amidine groups is 1. The largest absolute Gasteiger partial charge is 0.496 e. The number of rotatable bonds is 3. The lowest BCUT2D eigenvalue weighted by Crippen LogP contribution is -2.35. The number of methoxy groups -OCH3 is 1. The molecule has 3 rings (SSSR count). The number of benzene rings is 2. The monoisotopic (exact) mass is 348 g/mol. The van der Waals surface area contributed by atoms with E-state index in [1.165, 1.54) is 7.11 Å². The summed E-state index contributed by atoms with van der Waals surface area (Å²) in [6, 6.07) is 12.3. The number of hydrogen-bond donors (Lipinski definition) is 0. The number of nitrogens with zero attached hydrogens (tertiary/aromatic N) is 2. The lowest BCUT2D eigenvalue weighted by Gasteiger charge is -2.20. The zero-order valence-corrected chi connectivity index (χ0v) is 13.9. The topological polar surface area (TPSA) is 41.9 Å². The molecule has 4 nitrogen and oxygen atoms in total. The minimum Gasteiger partial charge on any atom is -0.496 e. The number of halogens is 2. The number of amides is 1. The third-order valence-corrected chi connectivity index (χ3v) is 4.03. The van der Waals surface area contributed by atoms with Crippen LogP contribution in [0.5, 0.6) is 5.75 Å². The fourth-order valence-electron chi connectivity index (χ4n) is 2.51. The molecule has 0 aromatic heterocycles. The van der Waals surface area contributed by atoms with E-state index in [2.05, 4.69) is 4.99 Å². The van der Waals surface area contributed by atoms with Crippen molar-refractivity contribution in [3.63, 3.8) is 0 Å². The highest BCUT2D eigenvalue weighted by Gasteiger charge is 2.28. The molecule has 0 N–H and O–H groups in total. The van der Waals surface area contributed by atoms with E-state index in [1.54, 1.807) is 35.2 Å². The van der Waals surface area contributed by atoms with Crippen molar-refractivity contribution in [1.82, 2.24) is 4.90 Å². The molecular weight excluding hydrogens is 335 g/mol. The van der Waals surface area contributed by atoms with Crippen LogP contribution < -0.4 is 4.74 Å². The van der Waals surface area contributed by atoms with Gasteiger partial charge in [-0.05, 0) is 30.3 Å². The van der Waals surface area contributed by atoms with Crippen molar-refractivity contribution in [2.75, 3.05) is 20.2 Å². The van der Waals surface area contributed by atoms with Crippen LogP contribution in [0.25, 0.3) is 0 Å². The quantitative estimate of drug-likeness (QED) is 0.843. The predicted molar refractivity (Wildman–Crippen MR) is 91.9 cm³/mol. The Bertz CT molecular complexity index is 790. The van der Waals surface area contributed by atoms with E-state index in [4.69, 9.17) is 27.9 Å². The van der Waals surface area contributed by atoms with Gasteiger partial charge in [0.25, 0.3) is 5.91 Å². The van der Waals surface area contributed by atoms with Crippen LogP contribution in [0.4, 0.5) is 0 Å². The van der Waals surface area contributed by atoms with Crippen molar-refractivity contribution < 1.29 is 9.53 Å². The molecule has 6 heteroatoms. The van der Waals surface area contributed by atoms with E-state index in [-0.39, 0.29) is 5.91 Å². The maximum Gasteiger partial charge on any atom is 0.263 e. The van der Waals surface area contributed by atoms with Gasteiger partial charge in [0.15, 0.2) is 0 Å². The molecule has 1 heterocycles. The Morgan fingerprint density at radius 3 is 2.70 bits per heavy atom. The molecule has 0 saturated heterocycles. The number of aliphatic imine (C=N–C) groups is 1. The standard InChI is InChI=1S/C17H14Cl2N2O2/c1-23-15-6-5-13(19)10-14(15)17(22)21-8-7-20-16(21)11-3-2-4-12(18)9-11/h2-6,9-10H,7-8H2,1H3. The van der Waals surface area contributed by atoms with Gasteiger partial charge in [-0.15, -0.1) is 0 Å². The summed E-state index contributed by atoms with van der Waals surface area (Å²) < 4.78 is 5.27. The first kappa shape index (κ1) is 15.8. The summed E-state index contributed by atoms with van der Waals surface area (Å²) >= 11 is 12.1. The summed E-state index contributed by atoms with van der Waals surface area (Å²) in [5, 5.41) is 1.08. The van der Waals surface area contributed by atoms with Crippen molar-refractivity contribution in [1.29, 1.82) is 0 Å². The molecule has 2 aromatic carbocycles. The molecule has 23 heavy (non-hydrogen) atoms. The van der Waals surface area contributed by atoms with Crippen LogP contribution >= 0.6 is 23.2 Å². The first-order chi connectivity index (χ1) is 11.1. The van der Waals surface area contributed by atoms with E-state index in [9.17, 15) is 4.79 Å². The van der Waals surface area contributed by atoms with Gasteiger partial charge in [-0.1, -0.05) is 35.3 Å². The van der Waals surface area contributed by atoms with Gasteiger partial charge in [0.1, 0.15) is 11.6 Å². The SMILES string of the molecule is COc1ccc(Cl)cc1C(=O)N1CCN=C1c1cccc(Cl)c1. The van der Waals surface area contributed by atoms with Crippen molar-refractivity contribution in [2.24, 2.45) is 4.99 Å². The van der Waals surface area contributed by atoms with E-state index in [0.29, 0.717) is 40.3 Å². The molecule has 0 spiro atoms. The highest BCUT2D eigenvalue weighted by molar-refractivity contribution is 6.31. The van der Waals surface area contributed by atoms with Crippen LogP contribution in [0, 0.1) is 0 Å². The Morgan fingerprint density at radius 1 is 1.17 bits per heavy atom. The van der Waals surface area contributed by atoms with Crippen LogP contribution in [0.15, 0.2) is 47.5 Å². The fraction of sp³-hybridized carbons (Fsp3) is 0.176. The molecule has 0 aliphatic carbocycles. The van der Waals surface area contributed by atoms with Gasteiger partial charge in [0, 0.05) is 22.2 Å². The first-order valence-corrected chi connectivity index (χ1v) is 7.81. The zero-order valence-electron chi connectivity index (χ0n) is 12.4. The van der Waals surface area contributed by atoms with Gasteiger partial charge in [-0.2, -0.15) is 0 Å². The lowest BCUT2D eigenvalue weighted by atomic mass is 10.1. The second kappa shape index (κ2) is 6.60. The van der Waals surface area contributed by atoms with Crippen molar-refractivity contribution in [2.45, 2.75) is 0 Å². The van der Waals surface area contributed by atoms with Crippen LogP contribution in [0.2, 0.25) is 10.0 Å². The van der Waals surface area contributed by atoms with E-state index in [0.717, 1.165) is 5.56 Å². The van der Waals surface area contributed by atoms with Gasteiger partial charge >= 0.3 is 0 Å². The lowest BCUT2D eigenvalue weighted by molar-refractivity contribution is 0.0855. The molecule has 0 bridgehead atoms. The zero-order chi connectivity index (χ0) is 16.4. The molecule has 1 aliphatic rings. The maximum atomic E-state index is 12.9. The smallest absolute Gasteiger partial charge is 0.263 e. The molecule has 1 aliphatic heterocycles. The molecule has 0 atom stereocenters. The average Bonchev–Trinajstić information content (AvgIpc) is 3.03. The molecule has 1 amide bonds. The number of carbonyl (C=O) groups is 1. The average molecular weight is 349 g/mol. The maximum absolute atomic E-state index is 12.9. The molecule has 0 unspecified atom stereocenters. The van der Waals surface area contributed by atoms with Gasteiger partial charge in [-0.25, -0.2) is 0 Å². The molecular formula is C17H14Cl2N2O2. The third-order valence-electron chi connectivity index (χ3n) is 3.56. The van der Waals surface area contributed by atoms with E-state index in [1.807, 2.05) is 12.1 Å². The Hall–Kier alpha value is -2.04. The van der Waals surface area contributed by atoms with Crippen LogP contribution in [0.3, 0.4) is 0 Å². The molecule has 0 radical (unpaired) electrons. The summed E-state index contributed by atoms with van der Waals surface area (Å²) in [4.78, 5) is 19.0. The summed E-state index contributed by atoms with van der Waals surface area (Å²) in [5.41, 5.74) is 1.22. The molecule has 0 fully saturated rings. The fourth-order valence-corrected chi connectivity index (χ4v) is 2.87. The normalized spacial score (nSPS) is 13.9. The van der Waals surface area contributed by atoms with Gasteiger partial charge in [0.05, 0.1) is 19.2 Å². The highest BCUT2D eigenvalue weighted by Crippen LogP contribution is 2.26. The number of hydrogen-bond acceptors (Lipinski definition) is 3. The molecule has 2 aromatic rings. The van der Waals surface area contributed by atoms with E-state index < -0.39 is 0 Å². The Balaban J connectivity index is 1.97. The van der Waals surface area contributed by atoms with Crippen molar-refractivity contribution in [3.05, 3.63) is 63.6 Å².